The Morgan fingerprint density at radius 1 is 0.931 bits per heavy atom. The fourth-order valence-corrected chi connectivity index (χ4v) is 3.34. The van der Waals surface area contributed by atoms with E-state index in [2.05, 4.69) is 15.9 Å². The van der Waals surface area contributed by atoms with Gasteiger partial charge in [0.05, 0.1) is 26.9 Å². The molecule has 0 radical (unpaired) electrons. The molecule has 0 aliphatic rings. The van der Waals surface area contributed by atoms with Gasteiger partial charge in [-0.3, -0.25) is 4.79 Å². The number of amides is 1. The van der Waals surface area contributed by atoms with Crippen LogP contribution in [0.25, 0.3) is 0 Å². The molecule has 6 nitrogen and oxygen atoms in total. The zero-order valence-electron chi connectivity index (χ0n) is 17.6. The Morgan fingerprint density at radius 2 is 1.52 bits per heavy atom. The molecule has 0 unspecified atom stereocenters. The molecule has 7 heteroatoms. The number of benzene rings is 2. The van der Waals surface area contributed by atoms with Crippen molar-refractivity contribution in [1.29, 1.82) is 0 Å². The summed E-state index contributed by atoms with van der Waals surface area (Å²) in [5, 5.41) is 0. The third-order valence-corrected chi connectivity index (χ3v) is 4.65. The molecule has 0 aliphatic carbocycles. The van der Waals surface area contributed by atoms with Crippen molar-refractivity contribution < 1.29 is 23.7 Å². The van der Waals surface area contributed by atoms with Gasteiger partial charge >= 0.3 is 0 Å². The van der Waals surface area contributed by atoms with Gasteiger partial charge in [-0.2, -0.15) is 0 Å². The normalized spacial score (nSPS) is 10.4. The molecule has 0 heterocycles. The Morgan fingerprint density at radius 3 is 2.03 bits per heavy atom. The largest absolute Gasteiger partial charge is 0.496 e. The first-order valence-electron chi connectivity index (χ1n) is 9.59. The van der Waals surface area contributed by atoms with Crippen molar-refractivity contribution in [1.82, 2.24) is 4.90 Å². The lowest BCUT2D eigenvalue weighted by atomic mass is 10.1. The van der Waals surface area contributed by atoms with Crippen molar-refractivity contribution >= 4 is 21.8 Å². The lowest BCUT2D eigenvalue weighted by Crippen LogP contribution is -2.26. The second-order valence-corrected chi connectivity index (χ2v) is 7.13. The van der Waals surface area contributed by atoms with Gasteiger partial charge in [0, 0.05) is 29.2 Å². The van der Waals surface area contributed by atoms with E-state index < -0.39 is 0 Å². The average molecular weight is 466 g/mol. The predicted octanol–water partition coefficient (Wildman–Crippen LogP) is 4.93. The van der Waals surface area contributed by atoms with Gasteiger partial charge < -0.3 is 23.8 Å². The van der Waals surface area contributed by atoms with Crippen LogP contribution in [0.2, 0.25) is 0 Å². The van der Waals surface area contributed by atoms with Gasteiger partial charge in [-0.1, -0.05) is 15.9 Å². The Hall–Kier alpha value is -2.41. The van der Waals surface area contributed by atoms with E-state index in [0.29, 0.717) is 49.2 Å². The first kappa shape index (κ1) is 22.9. The minimum Gasteiger partial charge on any atom is -0.496 e. The summed E-state index contributed by atoms with van der Waals surface area (Å²) in [7, 11) is 3.36. The molecule has 0 aromatic heterocycles. The van der Waals surface area contributed by atoms with Gasteiger partial charge in [0.25, 0.3) is 5.91 Å². The summed E-state index contributed by atoms with van der Waals surface area (Å²) in [6.45, 7) is 7.43. The van der Waals surface area contributed by atoms with Crippen molar-refractivity contribution in [3.8, 4) is 23.0 Å². The summed E-state index contributed by atoms with van der Waals surface area (Å²) in [4.78, 5) is 14.8. The third kappa shape index (κ3) is 5.79. The van der Waals surface area contributed by atoms with Crippen LogP contribution in [0, 0.1) is 0 Å². The Balaban J connectivity index is 2.36. The maximum absolute atomic E-state index is 13.1. The first-order valence-corrected chi connectivity index (χ1v) is 10.4. The summed E-state index contributed by atoms with van der Waals surface area (Å²) >= 11 is 3.47. The van der Waals surface area contributed by atoms with Gasteiger partial charge in [0.1, 0.15) is 5.75 Å². The smallest absolute Gasteiger partial charge is 0.254 e. The lowest BCUT2D eigenvalue weighted by molar-refractivity contribution is 0.0783. The number of hydrogen-bond donors (Lipinski definition) is 0. The van der Waals surface area contributed by atoms with Crippen molar-refractivity contribution in [2.45, 2.75) is 27.3 Å². The maximum atomic E-state index is 13.1. The number of ether oxygens (including phenoxy) is 4. The minimum absolute atomic E-state index is 0.156. The molecule has 0 N–H and O–H groups in total. The summed E-state index contributed by atoms with van der Waals surface area (Å²) < 4.78 is 23.5. The van der Waals surface area contributed by atoms with Crippen LogP contribution in [0.15, 0.2) is 34.8 Å². The molecule has 0 saturated heterocycles. The molecule has 29 heavy (non-hydrogen) atoms. The van der Waals surface area contributed by atoms with Crippen molar-refractivity contribution in [3.63, 3.8) is 0 Å². The molecule has 2 rings (SSSR count). The number of carbonyl (C=O) groups is 1. The number of halogens is 1. The molecule has 2 aromatic carbocycles. The Labute approximate surface area is 180 Å². The van der Waals surface area contributed by atoms with E-state index in [1.54, 1.807) is 31.2 Å². The fourth-order valence-electron chi connectivity index (χ4n) is 2.93. The minimum atomic E-state index is -0.156. The molecule has 1 amide bonds. The monoisotopic (exact) mass is 465 g/mol. The van der Waals surface area contributed by atoms with Crippen LogP contribution in [0.1, 0.15) is 36.7 Å². The van der Waals surface area contributed by atoms with Crippen molar-refractivity contribution in [3.05, 3.63) is 45.9 Å². The molecular weight excluding hydrogens is 438 g/mol. The molecule has 0 spiro atoms. The quantitative estimate of drug-likeness (QED) is 0.497. The fraction of sp³-hybridized carbons (Fsp3) is 0.409. The number of carbonyl (C=O) groups excluding carboxylic acids is 1. The van der Waals surface area contributed by atoms with Crippen LogP contribution >= 0.6 is 15.9 Å². The highest BCUT2D eigenvalue weighted by atomic mass is 79.9. The van der Waals surface area contributed by atoms with Crippen LogP contribution in [-0.2, 0) is 6.54 Å². The summed E-state index contributed by atoms with van der Waals surface area (Å²) in [5.41, 5.74) is 1.37. The van der Waals surface area contributed by atoms with E-state index >= 15 is 0 Å². The predicted molar refractivity (Wildman–Crippen MR) is 116 cm³/mol. The zero-order chi connectivity index (χ0) is 21.4. The van der Waals surface area contributed by atoms with Crippen molar-refractivity contribution in [2.24, 2.45) is 0 Å². The topological polar surface area (TPSA) is 57.2 Å². The van der Waals surface area contributed by atoms with Gasteiger partial charge in [0.2, 0.25) is 5.75 Å². The molecule has 0 bridgehead atoms. The summed E-state index contributed by atoms with van der Waals surface area (Å²) in [6, 6.07) is 9.12. The first-order chi connectivity index (χ1) is 13.9. The third-order valence-electron chi connectivity index (χ3n) is 4.15. The van der Waals surface area contributed by atoms with E-state index in [1.165, 1.54) is 0 Å². The van der Waals surface area contributed by atoms with E-state index in [1.807, 2.05) is 39.0 Å². The summed E-state index contributed by atoms with van der Waals surface area (Å²) in [6.07, 6.45) is 0. The lowest BCUT2D eigenvalue weighted by Gasteiger charge is -2.21. The average Bonchev–Trinajstić information content (AvgIpc) is 2.70. The van der Waals surface area contributed by atoms with Gasteiger partial charge in [-0.05, 0) is 51.1 Å². The molecular formula is C22H28BrNO5. The molecule has 0 saturated carbocycles. The van der Waals surface area contributed by atoms with Crippen LogP contribution in [-0.4, -0.2) is 44.8 Å². The van der Waals surface area contributed by atoms with Gasteiger partial charge in [-0.15, -0.1) is 0 Å². The molecule has 0 atom stereocenters. The number of hydrogen-bond acceptors (Lipinski definition) is 5. The van der Waals surface area contributed by atoms with Crippen molar-refractivity contribution in [2.75, 3.05) is 34.0 Å². The second-order valence-electron chi connectivity index (χ2n) is 6.22. The van der Waals surface area contributed by atoms with Crippen LogP contribution < -0.4 is 18.9 Å². The van der Waals surface area contributed by atoms with E-state index in [9.17, 15) is 4.79 Å². The van der Waals surface area contributed by atoms with Crippen LogP contribution in [0.5, 0.6) is 23.0 Å². The number of rotatable bonds is 10. The van der Waals surface area contributed by atoms with Gasteiger partial charge in [0.15, 0.2) is 11.5 Å². The van der Waals surface area contributed by atoms with Gasteiger partial charge in [-0.25, -0.2) is 0 Å². The standard InChI is InChI=1S/C22H28BrNO5/c1-6-27-19-12-15(13-20(28-7-2)21(19)29-8-3)22(25)24(4)14-16-11-17(23)9-10-18(16)26-5/h9-13H,6-8,14H2,1-5H3. The Kier molecular flexibility index (Phi) is 8.64. The highest BCUT2D eigenvalue weighted by Crippen LogP contribution is 2.39. The molecule has 2 aromatic rings. The van der Waals surface area contributed by atoms with Crippen LogP contribution in [0.4, 0.5) is 0 Å². The van der Waals surface area contributed by atoms with E-state index in [0.717, 1.165) is 15.8 Å². The summed E-state index contributed by atoms with van der Waals surface area (Å²) in [5.74, 6) is 2.08. The Bertz CT molecular complexity index is 813. The highest BCUT2D eigenvalue weighted by molar-refractivity contribution is 9.10. The van der Waals surface area contributed by atoms with E-state index in [4.69, 9.17) is 18.9 Å². The highest BCUT2D eigenvalue weighted by Gasteiger charge is 2.21. The van der Waals surface area contributed by atoms with Crippen LogP contribution in [0.3, 0.4) is 0 Å². The molecule has 158 valence electrons. The molecule has 0 aliphatic heterocycles. The molecule has 0 fully saturated rings. The maximum Gasteiger partial charge on any atom is 0.254 e. The SMILES string of the molecule is CCOc1cc(C(=O)N(C)Cc2cc(Br)ccc2OC)cc(OCC)c1OCC. The van der Waals surface area contributed by atoms with E-state index in [-0.39, 0.29) is 5.91 Å². The zero-order valence-corrected chi connectivity index (χ0v) is 19.2. The number of nitrogens with zero attached hydrogens (tertiary/aromatic N) is 1. The second kappa shape index (κ2) is 11.0. The number of methoxy groups -OCH3 is 1.